The second-order valence-electron chi connectivity index (χ2n) is 4.03. The van der Waals surface area contributed by atoms with Gasteiger partial charge in [0.05, 0.1) is 10.8 Å². The standard InChI is InChI=1S/C11H13Cl2NO4S/c1-7(11(15)16)2-3-14-19(17,18)10-5-8(12)4-9(13)6-10/h4-7,14H,2-3H2,1H3,(H,15,16). The predicted molar refractivity (Wildman–Crippen MR) is 73.1 cm³/mol. The average Bonchev–Trinajstić information content (AvgIpc) is 2.27. The first-order valence-electron chi connectivity index (χ1n) is 5.41. The van der Waals surface area contributed by atoms with Crippen molar-refractivity contribution in [2.45, 2.75) is 18.2 Å². The lowest BCUT2D eigenvalue weighted by Gasteiger charge is -2.09. The van der Waals surface area contributed by atoms with Crippen molar-refractivity contribution in [2.24, 2.45) is 5.92 Å². The number of halogens is 2. The summed E-state index contributed by atoms with van der Waals surface area (Å²) in [5.41, 5.74) is 0. The van der Waals surface area contributed by atoms with Gasteiger partial charge in [0.1, 0.15) is 0 Å². The van der Waals surface area contributed by atoms with Gasteiger partial charge in [-0.05, 0) is 24.6 Å². The number of hydrogen-bond donors (Lipinski definition) is 2. The minimum absolute atomic E-state index is 0.0277. The van der Waals surface area contributed by atoms with Gasteiger partial charge in [0.25, 0.3) is 0 Å². The molecule has 19 heavy (non-hydrogen) atoms. The van der Waals surface area contributed by atoms with Crippen molar-refractivity contribution in [3.63, 3.8) is 0 Å². The molecule has 1 unspecified atom stereocenters. The smallest absolute Gasteiger partial charge is 0.306 e. The van der Waals surface area contributed by atoms with E-state index in [1.807, 2.05) is 0 Å². The molecule has 0 amide bonds. The Labute approximate surface area is 121 Å². The van der Waals surface area contributed by atoms with Crippen molar-refractivity contribution >= 4 is 39.2 Å². The fraction of sp³-hybridized carbons (Fsp3) is 0.364. The van der Waals surface area contributed by atoms with Gasteiger partial charge in [-0.2, -0.15) is 0 Å². The second-order valence-corrected chi connectivity index (χ2v) is 6.67. The van der Waals surface area contributed by atoms with Crippen molar-refractivity contribution in [3.05, 3.63) is 28.2 Å². The molecule has 2 N–H and O–H groups in total. The van der Waals surface area contributed by atoms with E-state index in [1.165, 1.54) is 25.1 Å². The van der Waals surface area contributed by atoms with Crippen LogP contribution in [-0.4, -0.2) is 26.0 Å². The predicted octanol–water partition coefficient (Wildman–Crippen LogP) is 2.38. The van der Waals surface area contributed by atoms with Crippen molar-refractivity contribution in [1.82, 2.24) is 4.72 Å². The van der Waals surface area contributed by atoms with Crippen LogP contribution in [0.5, 0.6) is 0 Å². The molecule has 0 bridgehead atoms. The van der Waals surface area contributed by atoms with Gasteiger partial charge in [0, 0.05) is 16.6 Å². The molecule has 0 heterocycles. The number of sulfonamides is 1. The number of carbonyl (C=O) groups is 1. The molecule has 0 aliphatic heterocycles. The molecule has 1 aromatic carbocycles. The molecule has 5 nitrogen and oxygen atoms in total. The Hall–Kier alpha value is -0.820. The Kier molecular flexibility index (Phi) is 5.61. The third kappa shape index (κ3) is 4.99. The van der Waals surface area contributed by atoms with Crippen LogP contribution >= 0.6 is 23.2 Å². The zero-order chi connectivity index (χ0) is 14.6. The molecule has 0 aliphatic carbocycles. The summed E-state index contributed by atoms with van der Waals surface area (Å²) in [6.07, 6.45) is 0.197. The van der Waals surface area contributed by atoms with Gasteiger partial charge in [0.15, 0.2) is 0 Å². The molecule has 0 aliphatic rings. The largest absolute Gasteiger partial charge is 0.481 e. The highest BCUT2D eigenvalue weighted by atomic mass is 35.5. The van der Waals surface area contributed by atoms with E-state index in [0.717, 1.165) is 0 Å². The maximum absolute atomic E-state index is 11.9. The van der Waals surface area contributed by atoms with Gasteiger partial charge in [-0.25, -0.2) is 13.1 Å². The molecule has 0 spiro atoms. The number of benzene rings is 1. The summed E-state index contributed by atoms with van der Waals surface area (Å²) in [4.78, 5) is 10.6. The first kappa shape index (κ1) is 16.2. The molecule has 1 rings (SSSR count). The number of carboxylic acids is 1. The maximum atomic E-state index is 11.9. The molecule has 1 aromatic rings. The van der Waals surface area contributed by atoms with Crippen LogP contribution in [0.25, 0.3) is 0 Å². The third-order valence-electron chi connectivity index (χ3n) is 2.44. The molecular formula is C11H13Cl2NO4S. The Morgan fingerprint density at radius 3 is 2.32 bits per heavy atom. The quantitative estimate of drug-likeness (QED) is 0.841. The normalized spacial score (nSPS) is 13.2. The van der Waals surface area contributed by atoms with Crippen LogP contribution in [0.3, 0.4) is 0 Å². The van der Waals surface area contributed by atoms with Crippen LogP contribution in [0.1, 0.15) is 13.3 Å². The van der Waals surface area contributed by atoms with E-state index in [0.29, 0.717) is 0 Å². The summed E-state index contributed by atoms with van der Waals surface area (Å²) in [5.74, 6) is -1.59. The number of nitrogens with one attached hydrogen (secondary N) is 1. The number of carboxylic acid groups (broad SMARTS) is 1. The number of hydrogen-bond acceptors (Lipinski definition) is 3. The number of aliphatic carboxylic acids is 1. The van der Waals surface area contributed by atoms with Gasteiger partial charge in [-0.15, -0.1) is 0 Å². The van der Waals surface area contributed by atoms with Crippen LogP contribution in [0, 0.1) is 5.92 Å². The summed E-state index contributed by atoms with van der Waals surface area (Å²) >= 11 is 11.5. The summed E-state index contributed by atoms with van der Waals surface area (Å²) < 4.78 is 26.1. The van der Waals surface area contributed by atoms with E-state index >= 15 is 0 Å². The molecule has 0 aromatic heterocycles. The zero-order valence-corrected chi connectivity index (χ0v) is 12.4. The van der Waals surface area contributed by atoms with Gasteiger partial charge in [-0.3, -0.25) is 4.79 Å². The van der Waals surface area contributed by atoms with Crippen molar-refractivity contribution in [2.75, 3.05) is 6.54 Å². The van der Waals surface area contributed by atoms with Crippen LogP contribution in [0.4, 0.5) is 0 Å². The molecule has 0 saturated carbocycles. The third-order valence-corrected chi connectivity index (χ3v) is 4.31. The Morgan fingerprint density at radius 2 is 1.84 bits per heavy atom. The van der Waals surface area contributed by atoms with Crippen LogP contribution in [0.15, 0.2) is 23.1 Å². The van der Waals surface area contributed by atoms with Crippen LogP contribution in [-0.2, 0) is 14.8 Å². The summed E-state index contributed by atoms with van der Waals surface area (Å²) in [7, 11) is -3.74. The Bertz CT molecular complexity index is 554. The fourth-order valence-electron chi connectivity index (χ4n) is 1.30. The second kappa shape index (κ2) is 6.56. The fourth-order valence-corrected chi connectivity index (χ4v) is 3.07. The van der Waals surface area contributed by atoms with E-state index in [2.05, 4.69) is 4.72 Å². The monoisotopic (exact) mass is 325 g/mol. The lowest BCUT2D eigenvalue weighted by molar-refractivity contribution is -0.141. The van der Waals surface area contributed by atoms with Crippen LogP contribution < -0.4 is 4.72 Å². The molecule has 0 fully saturated rings. The molecular weight excluding hydrogens is 313 g/mol. The molecule has 0 saturated heterocycles. The van der Waals surface area contributed by atoms with Crippen molar-refractivity contribution in [3.8, 4) is 0 Å². The number of rotatable bonds is 6. The van der Waals surface area contributed by atoms with E-state index < -0.39 is 21.9 Å². The van der Waals surface area contributed by atoms with Gasteiger partial charge in [0.2, 0.25) is 10.0 Å². The topological polar surface area (TPSA) is 83.5 Å². The highest BCUT2D eigenvalue weighted by molar-refractivity contribution is 7.89. The zero-order valence-electron chi connectivity index (χ0n) is 10.1. The first-order valence-corrected chi connectivity index (χ1v) is 7.65. The Balaban J connectivity index is 2.73. The first-order chi connectivity index (χ1) is 8.72. The van der Waals surface area contributed by atoms with Gasteiger partial charge < -0.3 is 5.11 Å². The van der Waals surface area contributed by atoms with Crippen molar-refractivity contribution < 1.29 is 18.3 Å². The molecule has 1 atom stereocenters. The lowest BCUT2D eigenvalue weighted by Crippen LogP contribution is -2.27. The maximum Gasteiger partial charge on any atom is 0.306 e. The summed E-state index contributed by atoms with van der Waals surface area (Å²) in [5, 5.41) is 9.12. The SMILES string of the molecule is CC(CCNS(=O)(=O)c1cc(Cl)cc(Cl)c1)C(=O)O. The van der Waals surface area contributed by atoms with Crippen molar-refractivity contribution in [1.29, 1.82) is 0 Å². The summed E-state index contributed by atoms with van der Waals surface area (Å²) in [6.45, 7) is 1.53. The van der Waals surface area contributed by atoms with E-state index in [9.17, 15) is 13.2 Å². The van der Waals surface area contributed by atoms with E-state index in [-0.39, 0.29) is 27.9 Å². The van der Waals surface area contributed by atoms with Crippen LogP contribution in [0.2, 0.25) is 10.0 Å². The summed E-state index contributed by atoms with van der Waals surface area (Å²) in [6, 6.07) is 3.97. The van der Waals surface area contributed by atoms with E-state index in [4.69, 9.17) is 28.3 Å². The van der Waals surface area contributed by atoms with Gasteiger partial charge in [-0.1, -0.05) is 30.1 Å². The highest BCUT2D eigenvalue weighted by Gasteiger charge is 2.17. The molecule has 8 heteroatoms. The minimum atomic E-state index is -3.74. The Morgan fingerprint density at radius 1 is 1.32 bits per heavy atom. The minimum Gasteiger partial charge on any atom is -0.481 e. The molecule has 106 valence electrons. The lowest BCUT2D eigenvalue weighted by atomic mass is 10.1. The highest BCUT2D eigenvalue weighted by Crippen LogP contribution is 2.22. The molecule has 0 radical (unpaired) electrons. The van der Waals surface area contributed by atoms with Gasteiger partial charge >= 0.3 is 5.97 Å². The van der Waals surface area contributed by atoms with E-state index in [1.54, 1.807) is 0 Å². The average molecular weight is 326 g/mol.